The van der Waals surface area contributed by atoms with Crippen LogP contribution in [0, 0.1) is 5.82 Å². The van der Waals surface area contributed by atoms with Crippen LogP contribution in [0.1, 0.15) is 22.8 Å². The van der Waals surface area contributed by atoms with E-state index in [0.29, 0.717) is 30.9 Å². The molecule has 0 aliphatic carbocycles. The first-order chi connectivity index (χ1) is 14.5. The molecule has 1 heterocycles. The number of benzene rings is 2. The van der Waals surface area contributed by atoms with E-state index < -0.39 is 6.09 Å². The molecule has 160 valence electrons. The minimum Gasteiger partial charge on any atom is -0.494 e. The zero-order valence-corrected chi connectivity index (χ0v) is 17.2. The summed E-state index contributed by atoms with van der Waals surface area (Å²) in [4.78, 5) is 27.5. The van der Waals surface area contributed by atoms with Crippen molar-refractivity contribution >= 4 is 17.7 Å². The molecule has 2 N–H and O–H groups in total. The Morgan fingerprint density at radius 3 is 2.60 bits per heavy atom. The van der Waals surface area contributed by atoms with E-state index in [1.165, 1.54) is 18.1 Å². The summed E-state index contributed by atoms with van der Waals surface area (Å²) >= 11 is 0. The van der Waals surface area contributed by atoms with Crippen molar-refractivity contribution in [3.8, 4) is 5.75 Å². The van der Waals surface area contributed by atoms with E-state index in [1.54, 1.807) is 37.3 Å². The highest BCUT2D eigenvalue weighted by atomic mass is 19.1. The average Bonchev–Trinajstić information content (AvgIpc) is 2.74. The molecule has 8 heteroatoms. The van der Waals surface area contributed by atoms with Gasteiger partial charge >= 0.3 is 6.09 Å². The van der Waals surface area contributed by atoms with E-state index >= 15 is 0 Å². The second-order valence-electron chi connectivity index (χ2n) is 7.11. The molecule has 0 radical (unpaired) electrons. The predicted octanol–water partition coefficient (Wildman–Crippen LogP) is 1.94. The van der Waals surface area contributed by atoms with E-state index in [-0.39, 0.29) is 24.1 Å². The summed E-state index contributed by atoms with van der Waals surface area (Å²) in [6.45, 7) is 5.49. The quantitative estimate of drug-likeness (QED) is 0.755. The van der Waals surface area contributed by atoms with E-state index in [2.05, 4.69) is 5.32 Å². The predicted molar refractivity (Wildman–Crippen MR) is 110 cm³/mol. The minimum absolute atomic E-state index is 0.0722. The first-order valence-corrected chi connectivity index (χ1v) is 9.99. The summed E-state index contributed by atoms with van der Waals surface area (Å²) in [5, 5.41) is 2.61. The summed E-state index contributed by atoms with van der Waals surface area (Å²) in [5.41, 5.74) is 1.94. The first-order valence-electron chi connectivity index (χ1n) is 9.99. The number of piperazine rings is 1. The molecular weight excluding hydrogens is 389 g/mol. The van der Waals surface area contributed by atoms with Crippen LogP contribution in [0.2, 0.25) is 0 Å². The highest BCUT2D eigenvalue weighted by Gasteiger charge is 2.25. The summed E-state index contributed by atoms with van der Waals surface area (Å²) in [6, 6.07) is 11.8. The third-order valence-corrected chi connectivity index (χ3v) is 5.06. The van der Waals surface area contributed by atoms with Crippen molar-refractivity contribution in [2.75, 3.05) is 45.2 Å². The van der Waals surface area contributed by atoms with E-state index in [4.69, 9.17) is 9.47 Å². The maximum absolute atomic E-state index is 13.9. The SMILES string of the molecule is CCOC(=O)Nc1cccc(C(=O)N2CC[NH+](Cc3ccc(OC)c(F)c3)CC2)c1. The number of carbonyl (C=O) groups is 2. The number of hydrogen-bond donors (Lipinski definition) is 2. The molecule has 0 saturated carbocycles. The van der Waals surface area contributed by atoms with Gasteiger partial charge in [-0.3, -0.25) is 10.1 Å². The van der Waals surface area contributed by atoms with Crippen LogP contribution < -0.4 is 15.0 Å². The molecular formula is C22H27FN3O4+. The number of nitrogens with one attached hydrogen (secondary N) is 2. The molecule has 0 atom stereocenters. The number of rotatable bonds is 6. The molecule has 1 aliphatic rings. The molecule has 3 rings (SSSR count). The van der Waals surface area contributed by atoms with Gasteiger partial charge in [-0.25, -0.2) is 9.18 Å². The number of ether oxygens (including phenoxy) is 2. The van der Waals surface area contributed by atoms with Gasteiger partial charge in [0.05, 0.1) is 39.9 Å². The van der Waals surface area contributed by atoms with Crippen LogP contribution in [0.25, 0.3) is 0 Å². The van der Waals surface area contributed by atoms with Crippen LogP contribution >= 0.6 is 0 Å². The van der Waals surface area contributed by atoms with Gasteiger partial charge < -0.3 is 19.3 Å². The van der Waals surface area contributed by atoms with E-state index in [9.17, 15) is 14.0 Å². The van der Waals surface area contributed by atoms with Gasteiger partial charge in [0, 0.05) is 16.8 Å². The fraction of sp³-hybridized carbons (Fsp3) is 0.364. The number of halogens is 1. The lowest BCUT2D eigenvalue weighted by Crippen LogP contribution is -3.13. The Balaban J connectivity index is 1.55. The number of hydrogen-bond acceptors (Lipinski definition) is 4. The minimum atomic E-state index is -0.547. The number of anilines is 1. The maximum atomic E-state index is 13.9. The van der Waals surface area contributed by atoms with Gasteiger partial charge in [-0.1, -0.05) is 6.07 Å². The Hall–Kier alpha value is -3.13. The largest absolute Gasteiger partial charge is 0.494 e. The van der Waals surface area contributed by atoms with Gasteiger partial charge in [0.2, 0.25) is 0 Å². The highest BCUT2D eigenvalue weighted by molar-refractivity contribution is 5.96. The van der Waals surface area contributed by atoms with Crippen molar-refractivity contribution in [2.24, 2.45) is 0 Å². The molecule has 1 fully saturated rings. The van der Waals surface area contributed by atoms with Crippen LogP contribution in [0.4, 0.5) is 14.9 Å². The summed E-state index contributed by atoms with van der Waals surface area (Å²) in [7, 11) is 1.45. The zero-order chi connectivity index (χ0) is 21.5. The second kappa shape index (κ2) is 10.1. The van der Waals surface area contributed by atoms with Gasteiger partial charge in [0.15, 0.2) is 11.6 Å². The topological polar surface area (TPSA) is 72.3 Å². The van der Waals surface area contributed by atoms with Crippen LogP contribution in [-0.2, 0) is 11.3 Å². The van der Waals surface area contributed by atoms with Crippen LogP contribution in [0.5, 0.6) is 5.75 Å². The standard InChI is InChI=1S/C22H26FN3O4/c1-3-30-22(28)24-18-6-4-5-17(14-18)21(27)26-11-9-25(10-12-26)15-16-7-8-20(29-2)19(23)13-16/h4-8,13-14H,3,9-12,15H2,1-2H3,(H,24,28)/p+1. The number of quaternary nitrogens is 1. The smallest absolute Gasteiger partial charge is 0.411 e. The molecule has 0 bridgehead atoms. The Morgan fingerprint density at radius 2 is 1.93 bits per heavy atom. The lowest BCUT2D eigenvalue weighted by Gasteiger charge is -2.32. The highest BCUT2D eigenvalue weighted by Crippen LogP contribution is 2.17. The molecule has 0 unspecified atom stereocenters. The molecule has 0 aromatic heterocycles. The number of carbonyl (C=O) groups excluding carboxylic acids is 2. The van der Waals surface area contributed by atoms with Gasteiger partial charge in [0.25, 0.3) is 5.91 Å². The zero-order valence-electron chi connectivity index (χ0n) is 17.2. The number of nitrogens with zero attached hydrogens (tertiary/aromatic N) is 1. The summed E-state index contributed by atoms with van der Waals surface area (Å²) < 4.78 is 23.7. The third kappa shape index (κ3) is 5.48. The van der Waals surface area contributed by atoms with Gasteiger partial charge in [-0.15, -0.1) is 0 Å². The molecule has 30 heavy (non-hydrogen) atoms. The van der Waals surface area contributed by atoms with Crippen molar-refractivity contribution < 1.29 is 28.4 Å². The van der Waals surface area contributed by atoms with Crippen LogP contribution in [0.15, 0.2) is 42.5 Å². The van der Waals surface area contributed by atoms with Gasteiger partial charge in [0.1, 0.15) is 6.54 Å². The Kier molecular flexibility index (Phi) is 7.24. The van der Waals surface area contributed by atoms with Crippen molar-refractivity contribution in [3.63, 3.8) is 0 Å². The van der Waals surface area contributed by atoms with Crippen molar-refractivity contribution in [2.45, 2.75) is 13.5 Å². The lowest BCUT2D eigenvalue weighted by molar-refractivity contribution is -0.917. The molecule has 1 saturated heterocycles. The molecule has 0 spiro atoms. The van der Waals surface area contributed by atoms with Crippen LogP contribution in [0.3, 0.4) is 0 Å². The molecule has 2 aromatic carbocycles. The summed E-state index contributed by atoms with van der Waals surface area (Å²) in [5.74, 6) is -0.194. The van der Waals surface area contributed by atoms with Crippen molar-refractivity contribution in [1.82, 2.24) is 4.90 Å². The molecule has 2 amide bonds. The molecule has 2 aromatic rings. The lowest BCUT2D eigenvalue weighted by atomic mass is 10.1. The van der Waals surface area contributed by atoms with Crippen molar-refractivity contribution in [1.29, 1.82) is 0 Å². The molecule has 7 nitrogen and oxygen atoms in total. The average molecular weight is 416 g/mol. The van der Waals surface area contributed by atoms with Gasteiger partial charge in [-0.2, -0.15) is 0 Å². The first kappa shape index (κ1) is 21.6. The second-order valence-corrected chi connectivity index (χ2v) is 7.11. The normalized spacial score (nSPS) is 14.3. The molecule has 1 aliphatic heterocycles. The van der Waals surface area contributed by atoms with Crippen molar-refractivity contribution in [3.05, 3.63) is 59.4 Å². The Morgan fingerprint density at radius 1 is 1.17 bits per heavy atom. The number of amides is 2. The monoisotopic (exact) mass is 416 g/mol. The Bertz CT molecular complexity index is 898. The fourth-order valence-corrected chi connectivity index (χ4v) is 3.51. The Labute approximate surface area is 175 Å². The maximum Gasteiger partial charge on any atom is 0.411 e. The van der Waals surface area contributed by atoms with E-state index in [0.717, 1.165) is 18.7 Å². The van der Waals surface area contributed by atoms with Crippen LogP contribution in [-0.4, -0.2) is 56.8 Å². The number of methoxy groups -OCH3 is 1. The van der Waals surface area contributed by atoms with E-state index in [1.807, 2.05) is 11.0 Å². The van der Waals surface area contributed by atoms with Gasteiger partial charge in [-0.05, 0) is 43.3 Å². The fourth-order valence-electron chi connectivity index (χ4n) is 3.51. The summed E-state index contributed by atoms with van der Waals surface area (Å²) in [6.07, 6.45) is -0.547. The third-order valence-electron chi connectivity index (χ3n) is 5.06.